The minimum Gasteiger partial charge on any atom is -0.344 e. The quantitative estimate of drug-likeness (QED) is 0.100. The molecule has 0 aromatic heterocycles. The van der Waals surface area contributed by atoms with Crippen LogP contribution in [0, 0.1) is 0 Å². The predicted molar refractivity (Wildman–Crippen MR) is 152 cm³/mol. The van der Waals surface area contributed by atoms with Crippen molar-refractivity contribution in [1.82, 2.24) is 12.3 Å². The van der Waals surface area contributed by atoms with Crippen molar-refractivity contribution < 1.29 is 175 Å². The van der Waals surface area contributed by atoms with E-state index in [1.54, 1.807) is 0 Å². The molecule has 0 aliphatic rings. The Bertz CT molecular complexity index is 1380. The number of hydrogen-bond acceptors (Lipinski definition) is 22. The fourth-order valence-electron chi connectivity index (χ4n) is 0. The Balaban J connectivity index is -0.0000000340. The van der Waals surface area contributed by atoms with Gasteiger partial charge in [0.15, 0.2) is 0 Å². The molecule has 0 saturated heterocycles. The summed E-state index contributed by atoms with van der Waals surface area (Å²) in [5, 5.41) is 0. The Labute approximate surface area is 290 Å². The van der Waals surface area contributed by atoms with Gasteiger partial charge in [0.1, 0.15) is 0 Å². The van der Waals surface area contributed by atoms with Crippen LogP contribution >= 0.6 is 0 Å². The second-order valence-corrected chi connectivity index (χ2v) is 13.4. The standard InChI is InChI=1S/2H3N.10H2O4S/c;;10*1-5(2,3)4/h2*1H3;10*(H2,1,2,3,4). The van der Waals surface area contributed by atoms with Crippen molar-refractivity contribution in [3.05, 3.63) is 0 Å². The summed E-state index contributed by atoms with van der Waals surface area (Å²) in [6, 6.07) is 0. The molecule has 0 aromatic carbocycles. The molecule has 0 unspecified atom stereocenters. The second-order valence-electron chi connectivity index (χ2n) is 4.48. The molecule has 0 atom stereocenters. The first-order valence-electron chi connectivity index (χ1n) is 6.98. The summed E-state index contributed by atoms with van der Waals surface area (Å²) in [5.74, 6) is 0. The Hall–Kier alpha value is -1.38. The molecule has 0 saturated carbocycles. The smallest absolute Gasteiger partial charge is 0.344 e. The molecule has 26 N–H and O–H groups in total. The normalized spacial score (nSPS) is 11.2. The second kappa shape index (κ2) is 34.1. The molecule has 0 aliphatic carbocycles. The van der Waals surface area contributed by atoms with E-state index in [4.69, 9.17) is 175 Å². The van der Waals surface area contributed by atoms with Crippen LogP contribution in [-0.4, -0.2) is 175 Å². The van der Waals surface area contributed by atoms with Crippen molar-refractivity contribution >= 4 is 104 Å². The van der Waals surface area contributed by atoms with Crippen LogP contribution in [0.5, 0.6) is 0 Å². The summed E-state index contributed by atoms with van der Waals surface area (Å²) in [6.45, 7) is 0. The molecule has 42 nitrogen and oxygen atoms in total. The van der Waals surface area contributed by atoms with Gasteiger partial charge in [0, 0.05) is 0 Å². The molecule has 0 fully saturated rings. The van der Waals surface area contributed by atoms with Gasteiger partial charge in [0.05, 0.1) is 0 Å². The van der Waals surface area contributed by atoms with Gasteiger partial charge in [0.2, 0.25) is 0 Å². The first kappa shape index (κ1) is 83.6. The van der Waals surface area contributed by atoms with Crippen LogP contribution in [-0.2, 0) is 104 Å². The van der Waals surface area contributed by atoms with E-state index in [0.717, 1.165) is 0 Å². The first-order chi connectivity index (χ1) is 20.0. The summed E-state index contributed by atoms with van der Waals surface area (Å²) < 4.78 is 316. The highest BCUT2D eigenvalue weighted by Crippen LogP contribution is 1.63. The molecule has 52 heavy (non-hydrogen) atoms. The monoisotopic (exact) mass is 1010 g/mol. The summed E-state index contributed by atoms with van der Waals surface area (Å²) in [6.07, 6.45) is 0. The topological polar surface area (TPSA) is 816 Å². The van der Waals surface area contributed by atoms with E-state index < -0.39 is 104 Å². The van der Waals surface area contributed by atoms with Gasteiger partial charge < -0.3 is 12.3 Å². The summed E-state index contributed by atoms with van der Waals surface area (Å²) in [4.78, 5) is 0. The molecule has 0 heterocycles. The van der Waals surface area contributed by atoms with Crippen LogP contribution in [0.2, 0.25) is 0 Å². The SMILES string of the molecule is N.N.O=S(=O)(O)O.O=S(=O)(O)O.O=S(=O)(O)O.O=S(=O)(O)O.O=S(=O)(O)O.O=S(=O)(O)O.O=S(=O)(O)O.O=S(=O)(O)O.O=S(=O)(O)O.O=S(=O)(O)O. The highest BCUT2D eigenvalue weighted by Gasteiger charge is 1.88. The van der Waals surface area contributed by atoms with Crippen molar-refractivity contribution in [3.63, 3.8) is 0 Å². The molecular weight excluding hydrogens is 989 g/mol. The third kappa shape index (κ3) is 57900. The summed E-state index contributed by atoms with van der Waals surface area (Å²) in [7, 11) is -46.7. The van der Waals surface area contributed by atoms with Gasteiger partial charge in [-0.1, -0.05) is 0 Å². The van der Waals surface area contributed by atoms with Gasteiger partial charge in [-0.05, 0) is 0 Å². The third-order valence-electron chi connectivity index (χ3n) is 0. The maximum Gasteiger partial charge on any atom is 0.394 e. The van der Waals surface area contributed by atoms with Gasteiger partial charge in [-0.15, -0.1) is 0 Å². The maximum absolute atomic E-state index is 8.74. The van der Waals surface area contributed by atoms with Crippen molar-refractivity contribution in [2.45, 2.75) is 0 Å². The van der Waals surface area contributed by atoms with E-state index in [1.165, 1.54) is 0 Å². The van der Waals surface area contributed by atoms with Gasteiger partial charge in [0.25, 0.3) is 0 Å². The average Bonchev–Trinajstić information content (AvgIpc) is 2.34. The van der Waals surface area contributed by atoms with Crippen LogP contribution in [0.4, 0.5) is 0 Å². The third-order valence-corrected chi connectivity index (χ3v) is 0. The minimum atomic E-state index is -4.67. The maximum atomic E-state index is 8.74. The van der Waals surface area contributed by atoms with Gasteiger partial charge >= 0.3 is 104 Å². The first-order valence-corrected chi connectivity index (χ1v) is 21.0. The molecule has 0 aromatic rings. The fourth-order valence-corrected chi connectivity index (χ4v) is 0. The molecule has 336 valence electrons. The van der Waals surface area contributed by atoms with Crippen molar-refractivity contribution in [2.75, 3.05) is 0 Å². The van der Waals surface area contributed by atoms with Crippen LogP contribution in [0.15, 0.2) is 0 Å². The molecule has 0 amide bonds. The fraction of sp³-hybridized carbons (Fsp3) is 0. The molecule has 52 heteroatoms. The van der Waals surface area contributed by atoms with E-state index in [9.17, 15) is 0 Å². The molecule has 0 bridgehead atoms. The van der Waals surface area contributed by atoms with Crippen molar-refractivity contribution in [2.24, 2.45) is 0 Å². The predicted octanol–water partition coefficient (Wildman–Crippen LogP) is -6.20. The van der Waals surface area contributed by atoms with E-state index in [2.05, 4.69) is 0 Å². The van der Waals surface area contributed by atoms with Crippen molar-refractivity contribution in [3.8, 4) is 0 Å². The van der Waals surface area contributed by atoms with Crippen LogP contribution in [0.25, 0.3) is 0 Å². The summed E-state index contributed by atoms with van der Waals surface area (Å²) in [5.41, 5.74) is 0. The highest BCUT2D eigenvalue weighted by atomic mass is 32.3. The zero-order chi connectivity index (χ0) is 45.0. The van der Waals surface area contributed by atoms with E-state index in [1.807, 2.05) is 0 Å². The molecule has 0 rings (SSSR count). The zero-order valence-corrected chi connectivity index (χ0v) is 30.8. The Kier molecular flexibility index (Phi) is 54.9. The zero-order valence-electron chi connectivity index (χ0n) is 22.6. The molecule has 0 aliphatic heterocycles. The molecule has 0 radical (unpaired) electrons. The van der Waals surface area contributed by atoms with E-state index in [0.29, 0.717) is 0 Å². The average molecular weight is 1010 g/mol. The van der Waals surface area contributed by atoms with Gasteiger partial charge in [-0.2, -0.15) is 84.2 Å². The Morgan fingerprint density at radius 3 is 0.135 bits per heavy atom. The molecular formula is H26N2O40S10. The van der Waals surface area contributed by atoms with E-state index >= 15 is 0 Å². The lowest BCUT2D eigenvalue weighted by atomic mass is 14.0. The highest BCUT2D eigenvalue weighted by molar-refractivity contribution is 7.81. The lowest BCUT2D eigenvalue weighted by Gasteiger charge is -1.68. The lowest BCUT2D eigenvalue weighted by molar-refractivity contribution is 0.378. The lowest BCUT2D eigenvalue weighted by Crippen LogP contribution is -1.89. The Morgan fingerprint density at radius 2 is 0.135 bits per heavy atom. The van der Waals surface area contributed by atoms with Crippen LogP contribution in [0.3, 0.4) is 0 Å². The molecule has 0 spiro atoms. The van der Waals surface area contributed by atoms with Gasteiger partial charge in [-0.25, -0.2) is 0 Å². The van der Waals surface area contributed by atoms with Gasteiger partial charge in [-0.3, -0.25) is 91.1 Å². The largest absolute Gasteiger partial charge is 0.394 e. The van der Waals surface area contributed by atoms with E-state index in [-0.39, 0.29) is 12.3 Å². The Morgan fingerprint density at radius 1 is 0.135 bits per heavy atom. The summed E-state index contributed by atoms with van der Waals surface area (Å²) >= 11 is 0. The van der Waals surface area contributed by atoms with Crippen LogP contribution in [0.1, 0.15) is 0 Å². The minimum absolute atomic E-state index is 0. The number of hydrogen-bond donors (Lipinski definition) is 22. The van der Waals surface area contributed by atoms with Crippen molar-refractivity contribution in [1.29, 1.82) is 0 Å². The number of rotatable bonds is 0. The van der Waals surface area contributed by atoms with Crippen LogP contribution < -0.4 is 12.3 Å².